The molecule has 2 heterocycles. The summed E-state index contributed by atoms with van der Waals surface area (Å²) < 4.78 is 43.5. The quantitative estimate of drug-likeness (QED) is 0.0711. The summed E-state index contributed by atoms with van der Waals surface area (Å²) in [6.45, 7) is 20.8. The molecule has 0 aromatic rings. The maximum atomic E-state index is 6.97. The Balaban J connectivity index is 1.76. The second-order valence-electron chi connectivity index (χ2n) is 11.9. The van der Waals surface area contributed by atoms with E-state index in [1.54, 1.807) is 0 Å². The van der Waals surface area contributed by atoms with Crippen molar-refractivity contribution in [3.63, 3.8) is 0 Å². The molecule has 0 aliphatic carbocycles. The summed E-state index contributed by atoms with van der Waals surface area (Å²) in [5, 5.41) is 0. The lowest BCUT2D eigenvalue weighted by atomic mass is 10.1. The summed E-state index contributed by atoms with van der Waals surface area (Å²) in [5.41, 5.74) is 0. The van der Waals surface area contributed by atoms with Gasteiger partial charge in [-0.05, 0) is 66.5 Å². The molecule has 0 N–H and O–H groups in total. The van der Waals surface area contributed by atoms with Crippen LogP contribution in [-0.4, -0.2) is 120 Å². The highest BCUT2D eigenvalue weighted by Gasteiger charge is 2.52. The van der Waals surface area contributed by atoms with Gasteiger partial charge in [-0.25, -0.2) is 0 Å². The van der Waals surface area contributed by atoms with Crippen molar-refractivity contribution in [2.24, 2.45) is 0 Å². The largest absolute Gasteiger partial charge is 0.493 e. The zero-order valence-electron chi connectivity index (χ0n) is 28.6. The lowest BCUT2D eigenvalue weighted by molar-refractivity contribution is 0.0371. The van der Waals surface area contributed by atoms with Crippen LogP contribution in [0.25, 0.3) is 0 Å². The van der Waals surface area contributed by atoms with Gasteiger partial charge in [-0.1, -0.05) is 51.4 Å². The Bertz CT molecular complexity index is 577. The molecule has 0 amide bonds. The predicted molar refractivity (Wildman–Crippen MR) is 179 cm³/mol. The van der Waals surface area contributed by atoms with Crippen molar-refractivity contribution in [1.29, 1.82) is 0 Å². The van der Waals surface area contributed by atoms with Crippen LogP contribution in [-0.2, 0) is 31.3 Å². The third kappa shape index (κ3) is 17.5. The van der Waals surface area contributed by atoms with E-state index in [2.05, 4.69) is 9.80 Å². The molecule has 2 aliphatic rings. The minimum Gasteiger partial charge on any atom is -0.379 e. The van der Waals surface area contributed by atoms with Crippen LogP contribution in [0.15, 0.2) is 0 Å². The Labute approximate surface area is 267 Å². The molecule has 2 fully saturated rings. The van der Waals surface area contributed by atoms with Crippen molar-refractivity contribution in [2.75, 3.05) is 92.1 Å². The fourth-order valence-electron chi connectivity index (χ4n) is 6.13. The molecular formula is C32H68N2O7Si2. The zero-order valence-corrected chi connectivity index (χ0v) is 30.6. The van der Waals surface area contributed by atoms with E-state index in [0.717, 1.165) is 77.5 Å². The summed E-state index contributed by atoms with van der Waals surface area (Å²) >= 11 is 0. The number of nitrogens with zero attached hydrogens (tertiary/aromatic N) is 2. The van der Waals surface area contributed by atoms with Crippen LogP contribution in [0.2, 0.25) is 12.1 Å². The van der Waals surface area contributed by atoms with Gasteiger partial charge in [-0.15, -0.1) is 0 Å². The maximum Gasteiger partial charge on any atom is 0.493 e. The molecule has 0 aromatic carbocycles. The van der Waals surface area contributed by atoms with Gasteiger partial charge in [-0.3, -0.25) is 9.80 Å². The molecule has 2 aliphatic heterocycles. The Morgan fingerprint density at radius 3 is 1.07 bits per heavy atom. The Morgan fingerprint density at radius 1 is 0.442 bits per heavy atom. The average molecular weight is 649 g/mol. The molecule has 2 rings (SSSR count). The number of unbranched alkanes of at least 4 members (excludes halogenated alkanes) is 10. The number of rotatable bonds is 28. The summed E-state index contributed by atoms with van der Waals surface area (Å²) in [4.78, 5) is 5.07. The van der Waals surface area contributed by atoms with Crippen molar-refractivity contribution in [1.82, 2.24) is 9.80 Å². The molecule has 11 heteroatoms. The fraction of sp³-hybridized carbons (Fsp3) is 1.00. The van der Waals surface area contributed by atoms with Crippen molar-refractivity contribution in [3.8, 4) is 0 Å². The highest BCUT2D eigenvalue weighted by molar-refractivity contribution is 6.75. The highest BCUT2D eigenvalue weighted by Crippen LogP contribution is 2.30. The van der Waals surface area contributed by atoms with Crippen molar-refractivity contribution in [3.05, 3.63) is 0 Å². The molecule has 0 aromatic heterocycles. The second kappa shape index (κ2) is 25.2. The number of hydrogen-bond acceptors (Lipinski definition) is 9. The molecule has 43 heavy (non-hydrogen) atoms. The van der Waals surface area contributed by atoms with Gasteiger partial charge in [0.1, 0.15) is 0 Å². The summed E-state index contributed by atoms with van der Waals surface area (Å²) in [6, 6.07) is 1.67. The molecule has 0 radical (unpaired) electrons. The van der Waals surface area contributed by atoms with E-state index in [0.29, 0.717) is 26.4 Å². The Kier molecular flexibility index (Phi) is 23.0. The lowest BCUT2D eigenvalue weighted by Gasteiger charge is -2.38. The monoisotopic (exact) mass is 648 g/mol. The Morgan fingerprint density at radius 2 is 0.744 bits per heavy atom. The predicted octanol–water partition coefficient (Wildman–Crippen LogP) is 6.37. The molecular weight excluding hydrogens is 581 g/mol. The number of ether oxygens (including phenoxy) is 2. The van der Waals surface area contributed by atoms with Gasteiger partial charge in [0.15, 0.2) is 0 Å². The normalized spacial score (nSPS) is 17.6. The first kappa shape index (κ1) is 39.3. The number of morpholine rings is 2. The molecule has 2 saturated heterocycles. The summed E-state index contributed by atoms with van der Waals surface area (Å²) in [5.74, 6) is 0. The van der Waals surface area contributed by atoms with Crippen molar-refractivity contribution >= 4 is 17.6 Å². The lowest BCUT2D eigenvalue weighted by Crippen LogP contribution is -2.59. The maximum absolute atomic E-state index is 6.97. The highest BCUT2D eigenvalue weighted by atomic mass is 28.5. The van der Waals surface area contributed by atoms with Crippen LogP contribution < -0.4 is 0 Å². The van der Waals surface area contributed by atoms with Gasteiger partial charge < -0.3 is 31.3 Å². The van der Waals surface area contributed by atoms with E-state index < -0.39 is 17.6 Å². The molecule has 9 nitrogen and oxygen atoms in total. The van der Waals surface area contributed by atoms with Gasteiger partial charge >= 0.3 is 17.6 Å². The van der Waals surface area contributed by atoms with Crippen molar-refractivity contribution in [2.45, 2.75) is 117 Å². The number of hydrogen-bond donors (Lipinski definition) is 0. The second-order valence-corrected chi connectivity index (χ2v) is 17.6. The van der Waals surface area contributed by atoms with Gasteiger partial charge in [0, 0.05) is 64.7 Å². The smallest absolute Gasteiger partial charge is 0.379 e. The summed E-state index contributed by atoms with van der Waals surface area (Å²) in [7, 11) is -5.85. The summed E-state index contributed by atoms with van der Waals surface area (Å²) in [6.07, 6.45) is 14.7. The third-order valence-corrected chi connectivity index (χ3v) is 15.7. The molecule has 0 unspecified atom stereocenters. The van der Waals surface area contributed by atoms with E-state index in [-0.39, 0.29) is 0 Å². The van der Waals surface area contributed by atoms with Crippen LogP contribution in [0.1, 0.15) is 105 Å². The topological polar surface area (TPSA) is 71.1 Å². The first-order valence-electron chi connectivity index (χ1n) is 18.0. The van der Waals surface area contributed by atoms with Gasteiger partial charge in [0.2, 0.25) is 0 Å². The van der Waals surface area contributed by atoms with Crippen molar-refractivity contribution < 1.29 is 31.3 Å². The van der Waals surface area contributed by atoms with E-state index in [9.17, 15) is 0 Å². The fourth-order valence-corrected chi connectivity index (χ4v) is 13.7. The van der Waals surface area contributed by atoms with Gasteiger partial charge in [-0.2, -0.15) is 0 Å². The van der Waals surface area contributed by atoms with E-state index in [1.165, 1.54) is 77.3 Å². The molecule has 0 atom stereocenters. The Hall–Kier alpha value is 0.0738. The van der Waals surface area contributed by atoms with E-state index in [1.807, 2.05) is 27.7 Å². The molecule has 0 bridgehead atoms. The van der Waals surface area contributed by atoms with Gasteiger partial charge in [0.25, 0.3) is 0 Å². The van der Waals surface area contributed by atoms with Crippen LogP contribution in [0.3, 0.4) is 0 Å². The molecule has 0 saturated carbocycles. The zero-order chi connectivity index (χ0) is 30.9. The standard InChI is InChI=1S/C32H68N2O7Si2/c1-5-37-42(38-6-2,31-19-15-11-9-13-17-21-33-23-27-35-28-24-33)41-43(39-7-3,40-8-4)32-20-16-12-10-14-18-22-34-25-29-36-30-26-34/h5-32H2,1-4H3. The van der Waals surface area contributed by atoms with Crippen LogP contribution in [0.4, 0.5) is 0 Å². The molecule has 256 valence electrons. The van der Waals surface area contributed by atoms with Crippen LogP contribution >= 0.6 is 0 Å². The molecule has 0 spiro atoms. The van der Waals surface area contributed by atoms with Crippen LogP contribution in [0, 0.1) is 0 Å². The average Bonchev–Trinajstić information content (AvgIpc) is 3.01. The SMILES string of the molecule is CCO[Si](CCCCCCCCN1CCOCC1)(OCC)O[Si](CCCCCCCCN1CCOCC1)(OCC)OCC. The third-order valence-electron chi connectivity index (χ3n) is 8.39. The van der Waals surface area contributed by atoms with Gasteiger partial charge in [0.05, 0.1) is 26.4 Å². The minimum atomic E-state index is -2.93. The van der Waals surface area contributed by atoms with Crippen LogP contribution in [0.5, 0.6) is 0 Å². The minimum absolute atomic E-state index is 0.584. The van der Waals surface area contributed by atoms with E-state index >= 15 is 0 Å². The first-order chi connectivity index (χ1) is 21.1. The van der Waals surface area contributed by atoms with E-state index in [4.69, 9.17) is 31.3 Å². The first-order valence-corrected chi connectivity index (χ1v) is 21.8.